The van der Waals surface area contributed by atoms with E-state index in [1.807, 2.05) is 37.3 Å². The van der Waals surface area contributed by atoms with Gasteiger partial charge in [0.1, 0.15) is 6.10 Å². The zero-order chi connectivity index (χ0) is 13.7. The van der Waals surface area contributed by atoms with Crippen LogP contribution in [0.3, 0.4) is 0 Å². The molecule has 19 heavy (non-hydrogen) atoms. The Hall–Kier alpha value is -1.06. The van der Waals surface area contributed by atoms with Crippen LogP contribution in [0.2, 0.25) is 0 Å². The Bertz CT molecular complexity index is 410. The van der Waals surface area contributed by atoms with E-state index < -0.39 is 0 Å². The zero-order valence-corrected chi connectivity index (χ0v) is 11.9. The highest BCUT2D eigenvalue weighted by molar-refractivity contribution is 6.18. The minimum Gasteiger partial charge on any atom is -0.365 e. The maximum Gasteiger partial charge on any atom is 0.249 e. The molecule has 0 spiro atoms. The summed E-state index contributed by atoms with van der Waals surface area (Å²) in [6.45, 7) is 2.00. The highest BCUT2D eigenvalue weighted by atomic mass is 35.5. The van der Waals surface area contributed by atoms with E-state index in [-0.39, 0.29) is 24.2 Å². The summed E-state index contributed by atoms with van der Waals surface area (Å²) in [5.74, 6) is 0.369. The van der Waals surface area contributed by atoms with Crippen LogP contribution in [0.1, 0.15) is 25.3 Å². The summed E-state index contributed by atoms with van der Waals surface area (Å²) in [5.41, 5.74) is 1.18. The van der Waals surface area contributed by atoms with Gasteiger partial charge in [-0.25, -0.2) is 0 Å². The van der Waals surface area contributed by atoms with Crippen molar-refractivity contribution >= 4 is 17.5 Å². The third-order valence-corrected chi connectivity index (χ3v) is 3.75. The first-order valence-electron chi connectivity index (χ1n) is 6.74. The Morgan fingerprint density at radius 3 is 2.74 bits per heavy atom. The third-order valence-electron chi connectivity index (χ3n) is 3.38. The number of carbonyl (C=O) groups is 1. The van der Waals surface area contributed by atoms with E-state index in [9.17, 15) is 4.79 Å². The second-order valence-electron chi connectivity index (χ2n) is 5.06. The molecular formula is C15H20ClNO2. The molecular weight excluding hydrogens is 262 g/mol. The molecule has 1 aliphatic rings. The van der Waals surface area contributed by atoms with Gasteiger partial charge >= 0.3 is 0 Å². The molecule has 0 radical (unpaired) electrons. The number of benzene rings is 1. The molecule has 104 valence electrons. The average Bonchev–Trinajstić information content (AvgIpc) is 2.86. The maximum absolute atomic E-state index is 12.1. The second-order valence-corrected chi connectivity index (χ2v) is 5.37. The first-order chi connectivity index (χ1) is 9.19. The van der Waals surface area contributed by atoms with Gasteiger partial charge in [0.2, 0.25) is 5.91 Å². The van der Waals surface area contributed by atoms with E-state index in [0.29, 0.717) is 5.88 Å². The highest BCUT2D eigenvalue weighted by Crippen LogP contribution is 2.19. The monoisotopic (exact) mass is 281 g/mol. The number of amides is 1. The molecule has 0 aromatic heterocycles. The van der Waals surface area contributed by atoms with Crippen LogP contribution < -0.4 is 5.32 Å². The van der Waals surface area contributed by atoms with Gasteiger partial charge in [-0.2, -0.15) is 0 Å². The van der Waals surface area contributed by atoms with Crippen LogP contribution in [0.4, 0.5) is 0 Å². The molecule has 1 heterocycles. The van der Waals surface area contributed by atoms with Crippen LogP contribution in [0.5, 0.6) is 0 Å². The lowest BCUT2D eigenvalue weighted by atomic mass is 10.1. The van der Waals surface area contributed by atoms with E-state index in [1.54, 1.807) is 0 Å². The first kappa shape index (κ1) is 14.4. The summed E-state index contributed by atoms with van der Waals surface area (Å²) in [5, 5.41) is 2.98. The summed E-state index contributed by atoms with van der Waals surface area (Å²) in [7, 11) is 0. The molecule has 1 N–H and O–H groups in total. The van der Waals surface area contributed by atoms with Crippen molar-refractivity contribution in [3.05, 3.63) is 35.9 Å². The molecule has 1 aromatic rings. The molecule has 3 atom stereocenters. The summed E-state index contributed by atoms with van der Waals surface area (Å²) >= 11 is 5.94. The van der Waals surface area contributed by atoms with Crippen LogP contribution >= 0.6 is 11.6 Å². The van der Waals surface area contributed by atoms with E-state index in [2.05, 4.69) is 5.32 Å². The summed E-state index contributed by atoms with van der Waals surface area (Å²) < 4.78 is 5.56. The molecule has 1 fully saturated rings. The molecule has 3 nitrogen and oxygen atoms in total. The molecule has 1 amide bonds. The van der Waals surface area contributed by atoms with Crippen molar-refractivity contribution < 1.29 is 9.53 Å². The van der Waals surface area contributed by atoms with Gasteiger partial charge in [-0.05, 0) is 31.7 Å². The minimum atomic E-state index is -0.309. The molecule has 1 saturated heterocycles. The van der Waals surface area contributed by atoms with Crippen LogP contribution in [-0.4, -0.2) is 30.0 Å². The largest absolute Gasteiger partial charge is 0.365 e. The molecule has 4 heteroatoms. The number of nitrogens with one attached hydrogen (secondary N) is 1. The highest BCUT2D eigenvalue weighted by Gasteiger charge is 2.29. The number of hydrogen-bond acceptors (Lipinski definition) is 2. The lowest BCUT2D eigenvalue weighted by molar-refractivity contribution is -0.132. The number of alkyl halides is 1. The number of halogens is 1. The average molecular weight is 282 g/mol. The Labute approximate surface area is 119 Å². The van der Waals surface area contributed by atoms with Crippen LogP contribution in [0.25, 0.3) is 0 Å². The minimum absolute atomic E-state index is 0.0362. The van der Waals surface area contributed by atoms with E-state index in [1.165, 1.54) is 5.56 Å². The molecule has 0 saturated carbocycles. The Balaban J connectivity index is 1.87. The summed E-state index contributed by atoms with van der Waals surface area (Å²) in [6.07, 6.45) is 2.37. The Morgan fingerprint density at radius 2 is 2.16 bits per heavy atom. The van der Waals surface area contributed by atoms with Crippen molar-refractivity contribution in [1.29, 1.82) is 0 Å². The van der Waals surface area contributed by atoms with Crippen molar-refractivity contribution in [3.63, 3.8) is 0 Å². The summed E-state index contributed by atoms with van der Waals surface area (Å²) in [6, 6.07) is 10.00. The zero-order valence-electron chi connectivity index (χ0n) is 11.1. The fourth-order valence-electron chi connectivity index (χ4n) is 2.33. The third kappa shape index (κ3) is 4.22. The van der Waals surface area contributed by atoms with Crippen molar-refractivity contribution in [3.8, 4) is 0 Å². The van der Waals surface area contributed by atoms with Gasteiger partial charge in [0.15, 0.2) is 0 Å². The molecule has 0 aliphatic carbocycles. The van der Waals surface area contributed by atoms with Gasteiger partial charge in [-0.1, -0.05) is 30.3 Å². The quantitative estimate of drug-likeness (QED) is 0.842. The van der Waals surface area contributed by atoms with Gasteiger partial charge in [0, 0.05) is 11.9 Å². The maximum atomic E-state index is 12.1. The number of ether oxygens (including phenoxy) is 1. The fraction of sp³-hybridized carbons (Fsp3) is 0.533. The number of hydrogen-bond donors (Lipinski definition) is 1. The fourth-order valence-corrected chi connectivity index (χ4v) is 2.52. The van der Waals surface area contributed by atoms with Gasteiger partial charge in [0.25, 0.3) is 0 Å². The Kier molecular flexibility index (Phi) is 5.23. The molecule has 0 bridgehead atoms. The van der Waals surface area contributed by atoms with Crippen LogP contribution in [-0.2, 0) is 16.0 Å². The first-order valence-corrected chi connectivity index (χ1v) is 7.28. The standard InChI is InChI=1S/C15H20ClNO2/c1-11-7-8-14(19-11)15(18)17-13(10-16)9-12-5-3-2-4-6-12/h2-6,11,13-14H,7-10H2,1H3,(H,17,18). The smallest absolute Gasteiger partial charge is 0.249 e. The van der Waals surface area contributed by atoms with E-state index >= 15 is 0 Å². The van der Waals surface area contributed by atoms with Crippen molar-refractivity contribution in [2.24, 2.45) is 0 Å². The lowest BCUT2D eigenvalue weighted by Gasteiger charge is -2.19. The van der Waals surface area contributed by atoms with Crippen molar-refractivity contribution in [2.75, 3.05) is 5.88 Å². The Morgan fingerprint density at radius 1 is 1.42 bits per heavy atom. The van der Waals surface area contributed by atoms with E-state index in [4.69, 9.17) is 16.3 Å². The SMILES string of the molecule is CC1CCC(C(=O)NC(CCl)Cc2ccccc2)O1. The van der Waals surface area contributed by atoms with E-state index in [0.717, 1.165) is 19.3 Å². The number of rotatable bonds is 5. The van der Waals surface area contributed by atoms with Gasteiger partial charge < -0.3 is 10.1 Å². The second kappa shape index (κ2) is 6.92. The van der Waals surface area contributed by atoms with Gasteiger partial charge in [-0.3, -0.25) is 4.79 Å². The van der Waals surface area contributed by atoms with Crippen molar-refractivity contribution in [2.45, 2.75) is 44.4 Å². The molecule has 1 aromatic carbocycles. The summed E-state index contributed by atoms with van der Waals surface area (Å²) in [4.78, 5) is 12.1. The lowest BCUT2D eigenvalue weighted by Crippen LogP contribution is -2.43. The van der Waals surface area contributed by atoms with Gasteiger partial charge in [-0.15, -0.1) is 11.6 Å². The normalized spacial score (nSPS) is 24.1. The predicted molar refractivity (Wildman–Crippen MR) is 76.4 cm³/mol. The molecule has 1 aliphatic heterocycles. The molecule has 2 rings (SSSR count). The van der Waals surface area contributed by atoms with Crippen LogP contribution in [0.15, 0.2) is 30.3 Å². The topological polar surface area (TPSA) is 38.3 Å². The number of carbonyl (C=O) groups excluding carboxylic acids is 1. The molecule has 3 unspecified atom stereocenters. The van der Waals surface area contributed by atoms with Crippen LogP contribution in [0, 0.1) is 0 Å². The van der Waals surface area contributed by atoms with Crippen molar-refractivity contribution in [1.82, 2.24) is 5.32 Å². The van der Waals surface area contributed by atoms with Gasteiger partial charge in [0.05, 0.1) is 6.10 Å². The predicted octanol–water partition coefficient (Wildman–Crippen LogP) is 2.52.